The number of carbonyl (C=O) groups is 2. The molecule has 6 heteroatoms. The van der Waals surface area contributed by atoms with Crippen molar-refractivity contribution >= 4 is 51.7 Å². The van der Waals surface area contributed by atoms with Gasteiger partial charge in [-0.05, 0) is 55.5 Å². The van der Waals surface area contributed by atoms with Gasteiger partial charge in [0.1, 0.15) is 0 Å². The van der Waals surface area contributed by atoms with Gasteiger partial charge in [0.2, 0.25) is 5.91 Å². The quantitative estimate of drug-likeness (QED) is 0.446. The molecule has 0 atom stereocenters. The molecule has 1 aromatic carbocycles. The predicted molar refractivity (Wildman–Crippen MR) is 123 cm³/mol. The fourth-order valence-electron chi connectivity index (χ4n) is 3.92. The Morgan fingerprint density at radius 3 is 2.31 bits per heavy atom. The molecular formula is C23H31Cl2NO2S. The van der Waals surface area contributed by atoms with Crippen molar-refractivity contribution in [2.45, 2.75) is 83.5 Å². The summed E-state index contributed by atoms with van der Waals surface area (Å²) < 4.78 is 0. The summed E-state index contributed by atoms with van der Waals surface area (Å²) in [5.74, 6) is 0.878. The summed E-state index contributed by atoms with van der Waals surface area (Å²) in [5, 5.41) is 3.92. The molecule has 160 valence electrons. The molecule has 0 aromatic heterocycles. The van der Waals surface area contributed by atoms with Gasteiger partial charge in [-0.25, -0.2) is 0 Å². The SMILES string of the molecule is CC(C)(C)C(=O)Sc1cc(Cl)c(Cl)cc1NC(=O)C1(CCC2CC2)CCCCC1. The molecular weight excluding hydrogens is 425 g/mol. The predicted octanol–water partition coefficient (Wildman–Crippen LogP) is 7.74. The Labute approximate surface area is 188 Å². The van der Waals surface area contributed by atoms with E-state index in [-0.39, 0.29) is 16.4 Å². The van der Waals surface area contributed by atoms with E-state index in [2.05, 4.69) is 5.32 Å². The lowest BCUT2D eigenvalue weighted by Crippen LogP contribution is -2.38. The highest BCUT2D eigenvalue weighted by molar-refractivity contribution is 8.13. The fraction of sp³-hybridized carbons (Fsp3) is 0.652. The minimum atomic E-state index is -0.493. The maximum atomic E-state index is 13.5. The third kappa shape index (κ3) is 5.92. The average molecular weight is 456 g/mol. The van der Waals surface area contributed by atoms with Crippen molar-refractivity contribution in [2.24, 2.45) is 16.7 Å². The lowest BCUT2D eigenvalue weighted by atomic mass is 9.70. The van der Waals surface area contributed by atoms with Gasteiger partial charge in [-0.3, -0.25) is 9.59 Å². The Bertz CT molecular complexity index is 778. The molecule has 2 fully saturated rings. The molecule has 29 heavy (non-hydrogen) atoms. The molecule has 3 nitrogen and oxygen atoms in total. The number of rotatable bonds is 6. The van der Waals surface area contributed by atoms with Gasteiger partial charge in [-0.15, -0.1) is 0 Å². The summed E-state index contributed by atoms with van der Waals surface area (Å²) in [6.45, 7) is 5.65. The minimum Gasteiger partial charge on any atom is -0.325 e. The van der Waals surface area contributed by atoms with Gasteiger partial charge in [-0.2, -0.15) is 0 Å². The molecule has 0 radical (unpaired) electrons. The first-order valence-electron chi connectivity index (χ1n) is 10.6. The van der Waals surface area contributed by atoms with Crippen molar-refractivity contribution < 1.29 is 9.59 Å². The maximum Gasteiger partial charge on any atom is 0.230 e. The third-order valence-electron chi connectivity index (χ3n) is 6.11. The van der Waals surface area contributed by atoms with Crippen LogP contribution in [0.15, 0.2) is 17.0 Å². The van der Waals surface area contributed by atoms with E-state index in [0.717, 1.165) is 56.2 Å². The van der Waals surface area contributed by atoms with Gasteiger partial charge in [-0.1, -0.05) is 76.1 Å². The molecule has 3 rings (SSSR count). The van der Waals surface area contributed by atoms with Crippen LogP contribution in [0.25, 0.3) is 0 Å². The van der Waals surface area contributed by atoms with Crippen LogP contribution in [0.1, 0.15) is 78.6 Å². The van der Waals surface area contributed by atoms with E-state index in [0.29, 0.717) is 20.6 Å². The van der Waals surface area contributed by atoms with Crippen LogP contribution in [0.3, 0.4) is 0 Å². The summed E-state index contributed by atoms with van der Waals surface area (Å²) in [5.41, 5.74) is -0.209. The zero-order valence-electron chi connectivity index (χ0n) is 17.6. The summed E-state index contributed by atoms with van der Waals surface area (Å²) in [7, 11) is 0. The topological polar surface area (TPSA) is 46.2 Å². The molecule has 0 heterocycles. The zero-order valence-corrected chi connectivity index (χ0v) is 19.9. The summed E-state index contributed by atoms with van der Waals surface area (Å²) in [4.78, 5) is 26.7. The highest BCUT2D eigenvalue weighted by Gasteiger charge is 2.40. The van der Waals surface area contributed by atoms with Gasteiger partial charge < -0.3 is 5.32 Å². The van der Waals surface area contributed by atoms with Crippen LogP contribution in [0.2, 0.25) is 10.0 Å². The van der Waals surface area contributed by atoms with E-state index in [1.54, 1.807) is 12.1 Å². The number of carbonyl (C=O) groups excluding carboxylic acids is 2. The first-order valence-corrected chi connectivity index (χ1v) is 12.2. The van der Waals surface area contributed by atoms with Crippen molar-refractivity contribution in [3.63, 3.8) is 0 Å². The van der Waals surface area contributed by atoms with Crippen LogP contribution in [-0.4, -0.2) is 11.0 Å². The molecule has 2 aliphatic carbocycles. The second-order valence-electron chi connectivity index (χ2n) is 9.68. The first kappa shape index (κ1) is 23.0. The van der Waals surface area contributed by atoms with E-state index in [9.17, 15) is 9.59 Å². The van der Waals surface area contributed by atoms with Crippen molar-refractivity contribution in [1.82, 2.24) is 0 Å². The van der Waals surface area contributed by atoms with Crippen molar-refractivity contribution in [3.8, 4) is 0 Å². The third-order valence-corrected chi connectivity index (χ3v) is 8.18. The van der Waals surface area contributed by atoms with E-state index >= 15 is 0 Å². The number of benzene rings is 1. The number of anilines is 1. The molecule has 0 spiro atoms. The van der Waals surface area contributed by atoms with Crippen LogP contribution in [0.4, 0.5) is 5.69 Å². The summed E-state index contributed by atoms with van der Waals surface area (Å²) in [6.07, 6.45) is 9.99. The Balaban J connectivity index is 1.83. The largest absolute Gasteiger partial charge is 0.325 e. The van der Waals surface area contributed by atoms with Gasteiger partial charge in [0.05, 0.1) is 15.7 Å². The van der Waals surface area contributed by atoms with Gasteiger partial charge in [0, 0.05) is 15.7 Å². The standard InChI is InChI=1S/C23H31Cl2NO2S/c1-22(2,3)21(28)29-19-14-17(25)16(24)13-18(19)26-20(27)23(10-5-4-6-11-23)12-9-15-7-8-15/h13-15H,4-12H2,1-3H3,(H,26,27). The molecule has 0 aliphatic heterocycles. The highest BCUT2D eigenvalue weighted by atomic mass is 35.5. The fourth-order valence-corrected chi connectivity index (χ4v) is 5.22. The van der Waals surface area contributed by atoms with E-state index in [1.807, 2.05) is 20.8 Å². The van der Waals surface area contributed by atoms with E-state index in [1.165, 1.54) is 19.3 Å². The zero-order chi connectivity index (χ0) is 21.2. The van der Waals surface area contributed by atoms with Crippen molar-refractivity contribution in [1.29, 1.82) is 0 Å². The molecule has 0 saturated heterocycles. The molecule has 2 aliphatic rings. The maximum absolute atomic E-state index is 13.5. The minimum absolute atomic E-state index is 0.0208. The molecule has 0 bridgehead atoms. The number of nitrogens with one attached hydrogen (secondary N) is 1. The summed E-state index contributed by atoms with van der Waals surface area (Å²) >= 11 is 13.6. The van der Waals surface area contributed by atoms with Gasteiger partial charge >= 0.3 is 0 Å². The molecule has 1 amide bonds. The Morgan fingerprint density at radius 1 is 1.10 bits per heavy atom. The Kier molecular flexibility index (Phi) is 7.28. The Hall–Kier alpha value is -0.710. The normalized spacial score (nSPS) is 19.1. The number of hydrogen-bond acceptors (Lipinski definition) is 3. The molecule has 2 saturated carbocycles. The van der Waals surface area contributed by atoms with E-state index < -0.39 is 5.41 Å². The number of halogens is 2. The molecule has 0 unspecified atom stereocenters. The van der Waals surface area contributed by atoms with Crippen molar-refractivity contribution in [3.05, 3.63) is 22.2 Å². The Morgan fingerprint density at radius 2 is 1.72 bits per heavy atom. The highest BCUT2D eigenvalue weighted by Crippen LogP contribution is 2.46. The van der Waals surface area contributed by atoms with Crippen LogP contribution >= 0.6 is 35.0 Å². The van der Waals surface area contributed by atoms with Crippen molar-refractivity contribution in [2.75, 3.05) is 5.32 Å². The second kappa shape index (κ2) is 9.20. The number of hydrogen-bond donors (Lipinski definition) is 1. The lowest BCUT2D eigenvalue weighted by molar-refractivity contribution is -0.128. The summed E-state index contributed by atoms with van der Waals surface area (Å²) in [6, 6.07) is 3.36. The number of thioether (sulfide) groups is 1. The van der Waals surface area contributed by atoms with Crippen LogP contribution < -0.4 is 5.32 Å². The van der Waals surface area contributed by atoms with Crippen LogP contribution in [0.5, 0.6) is 0 Å². The molecule has 1 N–H and O–H groups in total. The second-order valence-corrected chi connectivity index (χ2v) is 11.5. The van der Waals surface area contributed by atoms with E-state index in [4.69, 9.17) is 23.2 Å². The van der Waals surface area contributed by atoms with Gasteiger partial charge in [0.15, 0.2) is 5.12 Å². The number of amides is 1. The van der Waals surface area contributed by atoms with Crippen LogP contribution in [0, 0.1) is 16.7 Å². The van der Waals surface area contributed by atoms with Gasteiger partial charge in [0.25, 0.3) is 0 Å². The monoisotopic (exact) mass is 455 g/mol. The smallest absolute Gasteiger partial charge is 0.230 e. The van der Waals surface area contributed by atoms with Crippen LogP contribution in [-0.2, 0) is 9.59 Å². The lowest BCUT2D eigenvalue weighted by Gasteiger charge is -2.36. The molecule has 1 aromatic rings. The average Bonchev–Trinajstić information content (AvgIpc) is 3.48. The first-order chi connectivity index (χ1) is 13.6.